The molecule has 0 aliphatic carbocycles. The van der Waals surface area contributed by atoms with Crippen molar-refractivity contribution in [2.75, 3.05) is 12.3 Å². The minimum atomic E-state index is -0.765. The van der Waals surface area contributed by atoms with Crippen LogP contribution in [0.15, 0.2) is 0 Å². The van der Waals surface area contributed by atoms with Gasteiger partial charge in [-0.2, -0.15) is 11.8 Å². The van der Waals surface area contributed by atoms with Gasteiger partial charge >= 0.3 is 12.0 Å². The van der Waals surface area contributed by atoms with Crippen molar-refractivity contribution in [3.05, 3.63) is 0 Å². The zero-order valence-corrected chi connectivity index (χ0v) is 18.1. The van der Waals surface area contributed by atoms with Crippen LogP contribution in [0.25, 0.3) is 0 Å². The van der Waals surface area contributed by atoms with Crippen molar-refractivity contribution < 1.29 is 52.2 Å². The number of carbonyl (C=O) groups excluding carboxylic acids is 2. The van der Waals surface area contributed by atoms with Gasteiger partial charge in [0.25, 0.3) is 0 Å². The molecule has 9 heteroatoms. The number of carboxylic acid groups (broad SMARTS) is 1. The first kappa shape index (κ1) is 22.7. The number of unbranched alkanes of at least 4 members (excludes halogenated alkanes) is 3. The van der Waals surface area contributed by atoms with E-state index in [0.717, 1.165) is 37.9 Å². The molecular formula is C16H27N3O4SY. The molecule has 2 aliphatic heterocycles. The fraction of sp³-hybridized carbons (Fsp3) is 0.812. The van der Waals surface area contributed by atoms with Crippen LogP contribution < -0.4 is 16.0 Å². The molecule has 7 nitrogen and oxygen atoms in total. The second-order valence-electron chi connectivity index (χ2n) is 6.42. The third-order valence-electron chi connectivity index (χ3n) is 4.47. The van der Waals surface area contributed by atoms with Crippen LogP contribution in [0.4, 0.5) is 4.79 Å². The topological polar surface area (TPSA) is 108 Å². The van der Waals surface area contributed by atoms with Crippen LogP contribution in [0.1, 0.15) is 51.4 Å². The molecule has 25 heavy (non-hydrogen) atoms. The average Bonchev–Trinajstić information content (AvgIpc) is 3.06. The molecular weight excluding hydrogens is 419 g/mol. The number of thioether (sulfide) groups is 1. The summed E-state index contributed by atoms with van der Waals surface area (Å²) in [6.07, 6.45) is 5.93. The summed E-state index contributed by atoms with van der Waals surface area (Å²) in [4.78, 5) is 33.4. The molecule has 4 N–H and O–H groups in total. The van der Waals surface area contributed by atoms with E-state index in [1.54, 1.807) is 0 Å². The predicted octanol–water partition coefficient (Wildman–Crippen LogP) is 1.47. The van der Waals surface area contributed by atoms with Crippen molar-refractivity contribution in [2.45, 2.75) is 68.7 Å². The molecule has 0 aromatic carbocycles. The number of fused-ring (bicyclic) bond motifs is 1. The number of hydrogen-bond acceptors (Lipinski definition) is 4. The third kappa shape index (κ3) is 8.26. The predicted molar refractivity (Wildman–Crippen MR) is 93.1 cm³/mol. The van der Waals surface area contributed by atoms with Crippen LogP contribution in [-0.2, 0) is 42.3 Å². The molecule has 0 saturated carbocycles. The maximum atomic E-state index is 11.7. The van der Waals surface area contributed by atoms with E-state index >= 15 is 0 Å². The van der Waals surface area contributed by atoms with Crippen molar-refractivity contribution in [1.29, 1.82) is 0 Å². The van der Waals surface area contributed by atoms with Crippen molar-refractivity contribution in [3.8, 4) is 0 Å². The maximum Gasteiger partial charge on any atom is 0.315 e. The number of urea groups is 1. The average molecular weight is 446 g/mol. The van der Waals surface area contributed by atoms with Crippen molar-refractivity contribution in [1.82, 2.24) is 16.0 Å². The van der Waals surface area contributed by atoms with E-state index in [1.807, 2.05) is 11.8 Å². The van der Waals surface area contributed by atoms with Crippen molar-refractivity contribution in [2.24, 2.45) is 0 Å². The molecule has 2 rings (SSSR count). The van der Waals surface area contributed by atoms with Gasteiger partial charge in [-0.15, -0.1) is 0 Å². The zero-order chi connectivity index (χ0) is 17.4. The second kappa shape index (κ2) is 12.1. The number of aliphatic carboxylic acids is 1. The van der Waals surface area contributed by atoms with Gasteiger partial charge in [-0.05, 0) is 25.7 Å². The molecule has 2 aliphatic rings. The van der Waals surface area contributed by atoms with Crippen LogP contribution in [0.3, 0.4) is 0 Å². The van der Waals surface area contributed by atoms with Gasteiger partial charge < -0.3 is 21.1 Å². The maximum absolute atomic E-state index is 11.7. The Kier molecular flexibility index (Phi) is 11.0. The third-order valence-corrected chi connectivity index (χ3v) is 5.98. The van der Waals surface area contributed by atoms with Crippen LogP contribution >= 0.6 is 11.8 Å². The number of rotatable bonds is 11. The van der Waals surface area contributed by atoms with Gasteiger partial charge in [0.15, 0.2) is 0 Å². The number of carbonyl (C=O) groups is 3. The van der Waals surface area contributed by atoms with E-state index in [1.165, 1.54) is 0 Å². The van der Waals surface area contributed by atoms with E-state index in [-0.39, 0.29) is 63.2 Å². The van der Waals surface area contributed by atoms with Gasteiger partial charge in [-0.3, -0.25) is 9.59 Å². The van der Waals surface area contributed by atoms with Crippen molar-refractivity contribution >= 4 is 29.7 Å². The molecule has 3 unspecified atom stereocenters. The molecule has 0 bridgehead atoms. The Balaban J connectivity index is 0.00000312. The van der Waals surface area contributed by atoms with Gasteiger partial charge in [0, 0.05) is 63.1 Å². The molecule has 0 spiro atoms. The molecule has 3 atom stereocenters. The number of amides is 3. The molecule has 0 aromatic rings. The summed E-state index contributed by atoms with van der Waals surface area (Å²) >= 11 is 1.90. The Bertz CT molecular complexity index is 467. The Morgan fingerprint density at radius 2 is 1.88 bits per heavy atom. The number of hydrogen-bond donors (Lipinski definition) is 4. The molecule has 1 radical (unpaired) electrons. The van der Waals surface area contributed by atoms with Gasteiger partial charge in [0.05, 0.1) is 12.1 Å². The summed E-state index contributed by atoms with van der Waals surface area (Å²) in [6, 6.07) is 0.442. The monoisotopic (exact) mass is 446 g/mol. The second-order valence-corrected chi connectivity index (χ2v) is 7.69. The van der Waals surface area contributed by atoms with Crippen LogP contribution in [0.5, 0.6) is 0 Å². The Hall–Kier alpha value is -0.336. The molecule has 3 amide bonds. The van der Waals surface area contributed by atoms with E-state index in [9.17, 15) is 14.4 Å². The summed E-state index contributed by atoms with van der Waals surface area (Å²) < 4.78 is 0. The standard InChI is InChI=1S/C16H27N3O4S.Y/c20-13(17-9-5-1-2-8-14(21)22)7-4-3-6-12-15-11(10-24-12)18-16(23)19-15;/h11-12,15H,1-10H2,(H,17,20)(H,21,22)(H2,18,19,23);. The summed E-state index contributed by atoms with van der Waals surface area (Å²) in [5, 5.41) is 17.8. The smallest absolute Gasteiger partial charge is 0.315 e. The van der Waals surface area contributed by atoms with E-state index in [0.29, 0.717) is 24.6 Å². The van der Waals surface area contributed by atoms with Gasteiger partial charge in [-0.25, -0.2) is 4.79 Å². The SMILES string of the molecule is O=C(O)CCCCCNC(=O)CCCCC1SCC2NC(=O)NC21.[Y]. The summed E-state index contributed by atoms with van der Waals surface area (Å²) in [7, 11) is 0. The van der Waals surface area contributed by atoms with Crippen LogP contribution in [0, 0.1) is 0 Å². The van der Waals surface area contributed by atoms with Crippen LogP contribution in [0.2, 0.25) is 0 Å². The van der Waals surface area contributed by atoms with Crippen molar-refractivity contribution in [3.63, 3.8) is 0 Å². The molecule has 0 aromatic heterocycles. The Labute approximate surface area is 178 Å². The van der Waals surface area contributed by atoms with E-state index in [4.69, 9.17) is 5.11 Å². The zero-order valence-electron chi connectivity index (χ0n) is 14.5. The first-order valence-corrected chi connectivity index (χ1v) is 9.78. The quantitative estimate of drug-likeness (QED) is 0.284. The summed E-state index contributed by atoms with van der Waals surface area (Å²) in [5.41, 5.74) is 0. The number of carboxylic acids is 1. The fourth-order valence-electron chi connectivity index (χ4n) is 3.17. The molecule has 2 fully saturated rings. The van der Waals surface area contributed by atoms with E-state index in [2.05, 4.69) is 16.0 Å². The van der Waals surface area contributed by atoms with Crippen LogP contribution in [-0.4, -0.2) is 52.6 Å². The summed E-state index contributed by atoms with van der Waals surface area (Å²) in [5.74, 6) is 0.274. The molecule has 139 valence electrons. The Morgan fingerprint density at radius 3 is 2.64 bits per heavy atom. The van der Waals surface area contributed by atoms with Gasteiger partial charge in [0.2, 0.25) is 5.91 Å². The minimum absolute atomic E-state index is 0. The minimum Gasteiger partial charge on any atom is -0.481 e. The first-order chi connectivity index (χ1) is 11.6. The molecule has 2 heterocycles. The van der Waals surface area contributed by atoms with E-state index < -0.39 is 5.97 Å². The van der Waals surface area contributed by atoms with Gasteiger partial charge in [0.1, 0.15) is 0 Å². The Morgan fingerprint density at radius 1 is 1.12 bits per heavy atom. The normalized spacial score (nSPS) is 24.0. The fourth-order valence-corrected chi connectivity index (χ4v) is 4.71. The first-order valence-electron chi connectivity index (χ1n) is 8.73. The largest absolute Gasteiger partial charge is 0.481 e. The summed E-state index contributed by atoms with van der Waals surface area (Å²) in [6.45, 7) is 0.623. The molecule has 2 saturated heterocycles. The van der Waals surface area contributed by atoms with Gasteiger partial charge in [-0.1, -0.05) is 12.8 Å². The number of nitrogens with one attached hydrogen (secondary N) is 3.